The van der Waals surface area contributed by atoms with Crippen LogP contribution in [0.25, 0.3) is 0 Å². The molecule has 3 aliphatic rings. The molecule has 236 valence electrons. The van der Waals surface area contributed by atoms with E-state index in [1.165, 1.54) is 31.3 Å². The quantitative estimate of drug-likeness (QED) is 0.347. The number of aryl methyl sites for hydroxylation is 1. The summed E-state index contributed by atoms with van der Waals surface area (Å²) in [7, 11) is 3.67. The molecule has 0 spiro atoms. The molecule has 0 bridgehead atoms. The van der Waals surface area contributed by atoms with Gasteiger partial charge in [-0.2, -0.15) is 13.9 Å². The first-order valence-corrected chi connectivity index (χ1v) is 14.7. The highest BCUT2D eigenvalue weighted by Crippen LogP contribution is 2.32. The third kappa shape index (κ3) is 7.35. The molecule has 1 atom stereocenters. The zero-order valence-electron chi connectivity index (χ0n) is 25.7. The minimum Gasteiger partial charge on any atom is -0.379 e. The van der Waals surface area contributed by atoms with E-state index in [1.807, 2.05) is 11.9 Å². The Bertz CT molecular complexity index is 1660. The molecule has 1 fully saturated rings. The second-order valence-electron chi connectivity index (χ2n) is 11.1. The van der Waals surface area contributed by atoms with E-state index in [0.29, 0.717) is 48.8 Å². The molecule has 0 radical (unpaired) electrons. The number of benzene rings is 1. The Labute approximate surface area is 260 Å². The molecular formula is C32H36F2N8O3. The summed E-state index contributed by atoms with van der Waals surface area (Å²) in [4.78, 5) is 39.1. The standard InChI is InChI=1S/C32H36F2N8O3/c1-5-8-32(33,34)24-14-22(7-6-9-42-10-12-45-13-11-42)15-25(17-24)39-29(43)23-16-27(35-18-23)21(2)38-30(44)28-26-19-37-41(4)31(26)40(3)20-36-28/h5,8,14-15,17-19,21H,9-13,16,20H2,1-4H3,(H,38,44)(H,39,43)/b8-5+. The summed E-state index contributed by atoms with van der Waals surface area (Å²) in [6, 6.07) is 3.68. The molecule has 5 rings (SSSR count). The zero-order chi connectivity index (χ0) is 32.1. The molecule has 1 aromatic carbocycles. The molecular weight excluding hydrogens is 582 g/mol. The number of rotatable bonds is 8. The fraction of sp³-hybridized carbons (Fsp3) is 0.406. The number of anilines is 2. The van der Waals surface area contributed by atoms with Crippen molar-refractivity contribution in [3.8, 4) is 11.8 Å². The number of carbonyl (C=O) groups is 2. The number of aromatic nitrogens is 2. The van der Waals surface area contributed by atoms with Crippen molar-refractivity contribution in [2.75, 3.05) is 56.8 Å². The number of allylic oxidation sites excluding steroid dienone is 2. The summed E-state index contributed by atoms with van der Waals surface area (Å²) in [5.41, 5.74) is 2.11. The van der Waals surface area contributed by atoms with Crippen LogP contribution in [0.15, 0.2) is 58.3 Å². The molecule has 2 aromatic rings. The van der Waals surface area contributed by atoms with Gasteiger partial charge in [-0.3, -0.25) is 29.2 Å². The monoisotopic (exact) mass is 618 g/mol. The topological polar surface area (TPSA) is 116 Å². The Morgan fingerprint density at radius 1 is 1.18 bits per heavy atom. The fourth-order valence-corrected chi connectivity index (χ4v) is 5.27. The van der Waals surface area contributed by atoms with Crippen LogP contribution < -0.4 is 15.5 Å². The summed E-state index contributed by atoms with van der Waals surface area (Å²) in [5.74, 6) is 2.71. The molecule has 4 heterocycles. The number of carbonyl (C=O) groups excluding carboxylic acids is 2. The van der Waals surface area contributed by atoms with Gasteiger partial charge in [0.25, 0.3) is 17.7 Å². The van der Waals surface area contributed by atoms with Gasteiger partial charge in [0.1, 0.15) is 18.2 Å². The number of nitrogens with one attached hydrogen (secondary N) is 2. The van der Waals surface area contributed by atoms with Crippen LogP contribution in [0.3, 0.4) is 0 Å². The van der Waals surface area contributed by atoms with Gasteiger partial charge in [-0.1, -0.05) is 17.9 Å². The number of halogens is 2. The summed E-state index contributed by atoms with van der Waals surface area (Å²) in [5, 5.41) is 9.90. The van der Waals surface area contributed by atoms with Crippen molar-refractivity contribution < 1.29 is 23.1 Å². The van der Waals surface area contributed by atoms with Crippen LogP contribution in [-0.4, -0.2) is 90.5 Å². The summed E-state index contributed by atoms with van der Waals surface area (Å²) in [6.45, 7) is 6.88. The zero-order valence-corrected chi connectivity index (χ0v) is 25.7. The molecule has 13 heteroatoms. The molecule has 2 amide bonds. The first kappa shape index (κ1) is 31.7. The van der Waals surface area contributed by atoms with Crippen molar-refractivity contribution in [2.45, 2.75) is 32.2 Å². The highest BCUT2D eigenvalue weighted by molar-refractivity contribution is 6.47. The van der Waals surface area contributed by atoms with E-state index in [-0.39, 0.29) is 29.3 Å². The van der Waals surface area contributed by atoms with E-state index >= 15 is 0 Å². The van der Waals surface area contributed by atoms with Crippen molar-refractivity contribution in [1.29, 1.82) is 0 Å². The van der Waals surface area contributed by atoms with E-state index < -0.39 is 17.9 Å². The van der Waals surface area contributed by atoms with Gasteiger partial charge >= 0.3 is 0 Å². The number of alkyl halides is 2. The lowest BCUT2D eigenvalue weighted by Gasteiger charge is -2.24. The lowest BCUT2D eigenvalue weighted by molar-refractivity contribution is -0.115. The Hall–Kier alpha value is -4.67. The van der Waals surface area contributed by atoms with Gasteiger partial charge in [0, 0.05) is 67.9 Å². The van der Waals surface area contributed by atoms with Crippen molar-refractivity contribution >= 4 is 34.7 Å². The van der Waals surface area contributed by atoms with Gasteiger partial charge in [0.2, 0.25) is 0 Å². The van der Waals surface area contributed by atoms with Crippen LogP contribution in [0, 0.1) is 11.8 Å². The second-order valence-corrected chi connectivity index (χ2v) is 11.1. The molecule has 2 N–H and O–H groups in total. The highest BCUT2D eigenvalue weighted by atomic mass is 19.3. The van der Waals surface area contributed by atoms with Gasteiger partial charge in [-0.25, -0.2) is 0 Å². The first-order chi connectivity index (χ1) is 21.6. The number of amides is 2. The normalized spacial score (nSPS) is 17.6. The third-order valence-electron chi connectivity index (χ3n) is 7.67. The Kier molecular flexibility index (Phi) is 9.55. The SMILES string of the molecule is C/C=C/C(F)(F)c1cc(C#CCN2CCOCC2)cc(NC(=O)C2=CN=C(C(C)NC(=O)C3=NCN(C)c4c3cnn4C)C2)c1. The lowest BCUT2D eigenvalue weighted by atomic mass is 10.0. The Morgan fingerprint density at radius 2 is 1.96 bits per heavy atom. The predicted molar refractivity (Wildman–Crippen MR) is 169 cm³/mol. The molecule has 1 aromatic heterocycles. The fourth-order valence-electron chi connectivity index (χ4n) is 5.27. The number of ether oxygens (including phenoxy) is 1. The number of nitrogens with zero attached hydrogens (tertiary/aromatic N) is 6. The summed E-state index contributed by atoms with van der Waals surface area (Å²) in [6.07, 6.45) is 5.31. The number of morpholine rings is 1. The van der Waals surface area contributed by atoms with E-state index in [2.05, 4.69) is 42.5 Å². The van der Waals surface area contributed by atoms with Gasteiger partial charge in [0.15, 0.2) is 0 Å². The Balaban J connectivity index is 1.24. The number of hydrogen-bond donors (Lipinski definition) is 2. The lowest BCUT2D eigenvalue weighted by Crippen LogP contribution is -2.44. The maximum absolute atomic E-state index is 14.9. The van der Waals surface area contributed by atoms with Crippen LogP contribution in [-0.2, 0) is 27.3 Å². The van der Waals surface area contributed by atoms with Crippen molar-refractivity contribution in [3.05, 3.63) is 65.0 Å². The molecule has 45 heavy (non-hydrogen) atoms. The van der Waals surface area contributed by atoms with E-state index in [1.54, 1.807) is 30.9 Å². The van der Waals surface area contributed by atoms with Crippen molar-refractivity contribution in [3.63, 3.8) is 0 Å². The van der Waals surface area contributed by atoms with Crippen LogP contribution in [0.4, 0.5) is 20.3 Å². The molecule has 0 aliphatic carbocycles. The van der Waals surface area contributed by atoms with Crippen LogP contribution >= 0.6 is 0 Å². The van der Waals surface area contributed by atoms with Gasteiger partial charge < -0.3 is 20.3 Å². The Morgan fingerprint density at radius 3 is 2.71 bits per heavy atom. The molecule has 3 aliphatic heterocycles. The summed E-state index contributed by atoms with van der Waals surface area (Å²) >= 11 is 0. The molecule has 1 unspecified atom stereocenters. The summed E-state index contributed by atoms with van der Waals surface area (Å²) < 4.78 is 36.8. The smallest absolute Gasteiger partial charge is 0.291 e. The number of fused-ring (bicyclic) bond motifs is 1. The van der Waals surface area contributed by atoms with Gasteiger partial charge in [-0.05, 0) is 38.1 Å². The maximum Gasteiger partial charge on any atom is 0.291 e. The third-order valence-corrected chi connectivity index (χ3v) is 7.67. The number of hydrogen-bond acceptors (Lipinski definition) is 8. The minimum absolute atomic E-state index is 0.182. The highest BCUT2D eigenvalue weighted by Gasteiger charge is 2.31. The largest absolute Gasteiger partial charge is 0.379 e. The maximum atomic E-state index is 14.9. The van der Waals surface area contributed by atoms with Gasteiger partial charge in [-0.15, -0.1) is 0 Å². The predicted octanol–water partition coefficient (Wildman–Crippen LogP) is 2.84. The van der Waals surface area contributed by atoms with Gasteiger partial charge in [0.05, 0.1) is 37.6 Å². The number of aliphatic imine (C=N–C) groups is 2. The molecule has 1 saturated heterocycles. The van der Waals surface area contributed by atoms with Crippen molar-refractivity contribution in [2.24, 2.45) is 17.0 Å². The average Bonchev–Trinajstić information content (AvgIpc) is 3.66. The van der Waals surface area contributed by atoms with E-state index in [4.69, 9.17) is 4.74 Å². The minimum atomic E-state index is -3.25. The van der Waals surface area contributed by atoms with Crippen LogP contribution in [0.2, 0.25) is 0 Å². The average molecular weight is 619 g/mol. The second kappa shape index (κ2) is 13.5. The molecule has 11 nitrogen and oxygen atoms in total. The van der Waals surface area contributed by atoms with Crippen LogP contribution in [0.1, 0.15) is 37.0 Å². The van der Waals surface area contributed by atoms with Crippen LogP contribution in [0.5, 0.6) is 0 Å². The van der Waals surface area contributed by atoms with E-state index in [9.17, 15) is 18.4 Å². The first-order valence-electron chi connectivity index (χ1n) is 14.7. The van der Waals surface area contributed by atoms with E-state index in [0.717, 1.165) is 25.0 Å². The molecule has 0 saturated carbocycles. The van der Waals surface area contributed by atoms with Crippen molar-refractivity contribution in [1.82, 2.24) is 20.0 Å².